The lowest BCUT2D eigenvalue weighted by molar-refractivity contribution is 0.380. The molecule has 2 aromatic rings. The van der Waals surface area contributed by atoms with E-state index >= 15 is 0 Å². The Kier molecular flexibility index (Phi) is 4.78. The molecule has 0 spiro atoms. The number of imidazole rings is 1. The van der Waals surface area contributed by atoms with Gasteiger partial charge in [-0.25, -0.2) is 4.98 Å². The summed E-state index contributed by atoms with van der Waals surface area (Å²) in [5.74, 6) is 1.02. The zero-order valence-corrected chi connectivity index (χ0v) is 13.1. The topological polar surface area (TPSA) is 47.1 Å². The van der Waals surface area contributed by atoms with Gasteiger partial charge < -0.3 is 15.2 Å². The molecule has 1 aromatic heterocycles. The van der Waals surface area contributed by atoms with Crippen LogP contribution in [0.3, 0.4) is 0 Å². The Labute approximate surface area is 121 Å². The number of hydrogen-bond donors (Lipinski definition) is 1. The van der Waals surface area contributed by atoms with Gasteiger partial charge in [-0.05, 0) is 45.1 Å². The Morgan fingerprint density at radius 2 is 2.10 bits per heavy atom. The third kappa shape index (κ3) is 3.19. The van der Waals surface area contributed by atoms with Gasteiger partial charge in [0.15, 0.2) is 0 Å². The summed E-state index contributed by atoms with van der Waals surface area (Å²) in [4.78, 5) is 6.98. The minimum Gasteiger partial charge on any atom is -0.325 e. The molecule has 0 radical (unpaired) electrons. The van der Waals surface area contributed by atoms with E-state index < -0.39 is 0 Å². The van der Waals surface area contributed by atoms with E-state index in [4.69, 9.17) is 10.7 Å². The number of likely N-dealkylation sites (N-methyl/N-ethyl adjacent to an activating group) is 1. The first kappa shape index (κ1) is 15.0. The van der Waals surface area contributed by atoms with Crippen molar-refractivity contribution in [2.75, 3.05) is 20.6 Å². The zero-order valence-electron chi connectivity index (χ0n) is 13.1. The lowest BCUT2D eigenvalue weighted by Gasteiger charge is -2.16. The van der Waals surface area contributed by atoms with E-state index in [-0.39, 0.29) is 6.04 Å². The number of hydrogen-bond acceptors (Lipinski definition) is 3. The van der Waals surface area contributed by atoms with E-state index in [9.17, 15) is 0 Å². The van der Waals surface area contributed by atoms with Crippen molar-refractivity contribution in [2.45, 2.75) is 39.3 Å². The molecule has 0 aliphatic heterocycles. The number of rotatable bonds is 6. The van der Waals surface area contributed by atoms with Crippen molar-refractivity contribution in [1.29, 1.82) is 0 Å². The van der Waals surface area contributed by atoms with Gasteiger partial charge in [0, 0.05) is 13.1 Å². The minimum absolute atomic E-state index is 0.0230. The molecule has 1 aromatic carbocycles. The maximum Gasteiger partial charge on any atom is 0.126 e. The number of benzene rings is 1. The Balaban J connectivity index is 2.44. The number of aryl methyl sites for hydroxylation is 1. The predicted octanol–water partition coefficient (Wildman–Crippen LogP) is 2.71. The van der Waals surface area contributed by atoms with Crippen LogP contribution in [0, 0.1) is 6.92 Å². The molecule has 2 rings (SSSR count). The first-order chi connectivity index (χ1) is 9.52. The highest BCUT2D eigenvalue weighted by molar-refractivity contribution is 5.77. The molecule has 0 aliphatic carbocycles. The summed E-state index contributed by atoms with van der Waals surface area (Å²) >= 11 is 0. The smallest absolute Gasteiger partial charge is 0.126 e. The van der Waals surface area contributed by atoms with Crippen molar-refractivity contribution in [3.8, 4) is 0 Å². The van der Waals surface area contributed by atoms with Crippen molar-refractivity contribution in [1.82, 2.24) is 14.5 Å². The standard InChI is InChI=1S/C16H26N4/c1-5-6-13(17)16-18-14-11-12(2)7-8-15(14)20(16)10-9-19(3)4/h7-8,11,13H,5-6,9-10,17H2,1-4H3. The molecule has 0 aliphatic rings. The van der Waals surface area contributed by atoms with Gasteiger partial charge in [-0.2, -0.15) is 0 Å². The maximum absolute atomic E-state index is 6.32. The quantitative estimate of drug-likeness (QED) is 0.881. The second kappa shape index (κ2) is 6.37. The molecular formula is C16H26N4. The van der Waals surface area contributed by atoms with Crippen LogP contribution in [0.25, 0.3) is 11.0 Å². The second-order valence-electron chi connectivity index (χ2n) is 5.81. The summed E-state index contributed by atoms with van der Waals surface area (Å²) < 4.78 is 2.29. The highest BCUT2D eigenvalue weighted by atomic mass is 15.1. The number of aromatic nitrogens is 2. The SMILES string of the molecule is CCCC(N)c1nc2cc(C)ccc2n1CCN(C)C. The van der Waals surface area contributed by atoms with Crippen LogP contribution >= 0.6 is 0 Å². The van der Waals surface area contributed by atoms with Gasteiger partial charge in [-0.1, -0.05) is 19.4 Å². The van der Waals surface area contributed by atoms with E-state index in [1.165, 1.54) is 11.1 Å². The summed E-state index contributed by atoms with van der Waals surface area (Å²) in [6.07, 6.45) is 2.06. The van der Waals surface area contributed by atoms with Gasteiger partial charge in [0.05, 0.1) is 17.1 Å². The van der Waals surface area contributed by atoms with E-state index in [1.54, 1.807) is 0 Å². The van der Waals surface area contributed by atoms with Crippen LogP contribution in [0.1, 0.15) is 37.2 Å². The van der Waals surface area contributed by atoms with Gasteiger partial charge in [0.2, 0.25) is 0 Å². The fourth-order valence-electron chi connectivity index (χ4n) is 2.52. The second-order valence-corrected chi connectivity index (χ2v) is 5.81. The molecule has 0 saturated carbocycles. The van der Waals surface area contributed by atoms with E-state index in [1.807, 2.05) is 0 Å². The van der Waals surface area contributed by atoms with Crippen LogP contribution in [0.5, 0.6) is 0 Å². The third-order valence-corrected chi connectivity index (χ3v) is 3.64. The highest BCUT2D eigenvalue weighted by Crippen LogP contribution is 2.23. The Morgan fingerprint density at radius 1 is 1.35 bits per heavy atom. The summed E-state index contributed by atoms with van der Waals surface area (Å²) in [6.45, 7) is 6.19. The first-order valence-electron chi connectivity index (χ1n) is 7.40. The van der Waals surface area contributed by atoms with Gasteiger partial charge in [-0.3, -0.25) is 0 Å². The van der Waals surface area contributed by atoms with Crippen molar-refractivity contribution in [3.05, 3.63) is 29.6 Å². The van der Waals surface area contributed by atoms with Crippen LogP contribution in [0.2, 0.25) is 0 Å². The molecule has 1 heterocycles. The van der Waals surface area contributed by atoms with Crippen LogP contribution in [-0.4, -0.2) is 35.1 Å². The molecule has 0 bridgehead atoms. The minimum atomic E-state index is 0.0230. The van der Waals surface area contributed by atoms with Gasteiger partial charge in [-0.15, -0.1) is 0 Å². The van der Waals surface area contributed by atoms with Crippen LogP contribution < -0.4 is 5.73 Å². The Morgan fingerprint density at radius 3 is 2.75 bits per heavy atom. The average Bonchev–Trinajstić information content (AvgIpc) is 2.74. The summed E-state index contributed by atoms with van der Waals surface area (Å²) in [6, 6.07) is 6.47. The molecule has 1 unspecified atom stereocenters. The molecule has 20 heavy (non-hydrogen) atoms. The molecule has 0 saturated heterocycles. The van der Waals surface area contributed by atoms with Crippen LogP contribution in [-0.2, 0) is 6.54 Å². The highest BCUT2D eigenvalue weighted by Gasteiger charge is 2.16. The van der Waals surface area contributed by atoms with Gasteiger partial charge in [0.25, 0.3) is 0 Å². The van der Waals surface area contributed by atoms with Crippen molar-refractivity contribution < 1.29 is 0 Å². The number of nitrogens with zero attached hydrogens (tertiary/aromatic N) is 3. The molecule has 0 fully saturated rings. The van der Waals surface area contributed by atoms with Crippen molar-refractivity contribution in [2.24, 2.45) is 5.73 Å². The molecule has 110 valence electrons. The van der Waals surface area contributed by atoms with Crippen LogP contribution in [0.4, 0.5) is 0 Å². The lowest BCUT2D eigenvalue weighted by Crippen LogP contribution is -2.22. The number of fused-ring (bicyclic) bond motifs is 1. The Bertz CT molecular complexity index is 571. The number of nitrogens with two attached hydrogens (primary N) is 1. The van der Waals surface area contributed by atoms with Gasteiger partial charge >= 0.3 is 0 Å². The molecule has 4 nitrogen and oxygen atoms in total. The summed E-state index contributed by atoms with van der Waals surface area (Å²) in [7, 11) is 4.18. The average molecular weight is 274 g/mol. The normalized spacial score (nSPS) is 13.3. The molecule has 4 heteroatoms. The summed E-state index contributed by atoms with van der Waals surface area (Å²) in [5.41, 5.74) is 9.81. The third-order valence-electron chi connectivity index (χ3n) is 3.64. The summed E-state index contributed by atoms with van der Waals surface area (Å²) in [5, 5.41) is 0. The van der Waals surface area contributed by atoms with E-state index in [0.29, 0.717) is 0 Å². The molecule has 0 amide bonds. The molecule has 1 atom stereocenters. The lowest BCUT2D eigenvalue weighted by atomic mass is 10.1. The van der Waals surface area contributed by atoms with Crippen LogP contribution in [0.15, 0.2) is 18.2 Å². The fraction of sp³-hybridized carbons (Fsp3) is 0.562. The van der Waals surface area contributed by atoms with Crippen molar-refractivity contribution >= 4 is 11.0 Å². The van der Waals surface area contributed by atoms with E-state index in [2.05, 4.69) is 55.6 Å². The molecular weight excluding hydrogens is 248 g/mol. The van der Waals surface area contributed by atoms with E-state index in [0.717, 1.165) is 37.3 Å². The maximum atomic E-state index is 6.32. The van der Waals surface area contributed by atoms with Crippen molar-refractivity contribution in [3.63, 3.8) is 0 Å². The zero-order chi connectivity index (χ0) is 14.7. The Hall–Kier alpha value is -1.39. The van der Waals surface area contributed by atoms with Gasteiger partial charge in [0.1, 0.15) is 5.82 Å². The molecule has 2 N–H and O–H groups in total. The fourth-order valence-corrected chi connectivity index (χ4v) is 2.52. The largest absolute Gasteiger partial charge is 0.325 e. The first-order valence-corrected chi connectivity index (χ1v) is 7.40. The monoisotopic (exact) mass is 274 g/mol. The predicted molar refractivity (Wildman–Crippen MR) is 84.9 cm³/mol.